The van der Waals surface area contributed by atoms with Crippen molar-refractivity contribution in [1.29, 1.82) is 0 Å². The Kier molecular flexibility index (Phi) is 4.67. The van der Waals surface area contributed by atoms with Crippen molar-refractivity contribution in [3.8, 4) is 11.5 Å². The number of ether oxygens (including phenoxy) is 1. The summed E-state index contributed by atoms with van der Waals surface area (Å²) in [6.45, 7) is 2.13. The quantitative estimate of drug-likeness (QED) is 0.670. The van der Waals surface area contributed by atoms with Crippen LogP contribution in [0.2, 0.25) is 0 Å². The molecule has 0 heterocycles. The van der Waals surface area contributed by atoms with E-state index in [2.05, 4.69) is 35.0 Å². The van der Waals surface area contributed by atoms with Gasteiger partial charge in [0.25, 0.3) is 0 Å². The Morgan fingerprint density at radius 2 is 1.94 bits per heavy atom. The standard InChI is InChI=1S/C15H14BrClO/c1-2-11-4-3-5-13(8-11)18-15-7-6-12(10-17)9-14(15)16/h3-9H,2,10H2,1H3. The minimum absolute atomic E-state index is 0.504. The molecule has 2 aromatic carbocycles. The first kappa shape index (κ1) is 13.4. The van der Waals surface area contributed by atoms with Gasteiger partial charge in [-0.15, -0.1) is 11.6 Å². The molecule has 94 valence electrons. The Hall–Kier alpha value is -0.990. The molecule has 2 aromatic rings. The Morgan fingerprint density at radius 3 is 2.61 bits per heavy atom. The number of hydrogen-bond donors (Lipinski definition) is 0. The van der Waals surface area contributed by atoms with E-state index in [9.17, 15) is 0 Å². The molecule has 0 saturated heterocycles. The van der Waals surface area contributed by atoms with Crippen LogP contribution in [0, 0.1) is 0 Å². The minimum Gasteiger partial charge on any atom is -0.456 e. The molecule has 0 fully saturated rings. The first-order valence-electron chi connectivity index (χ1n) is 5.84. The van der Waals surface area contributed by atoms with Gasteiger partial charge in [0, 0.05) is 5.88 Å². The van der Waals surface area contributed by atoms with E-state index in [1.807, 2.05) is 30.3 Å². The van der Waals surface area contributed by atoms with Gasteiger partial charge in [-0.2, -0.15) is 0 Å². The van der Waals surface area contributed by atoms with E-state index in [-0.39, 0.29) is 0 Å². The average Bonchev–Trinajstić information content (AvgIpc) is 2.41. The van der Waals surface area contributed by atoms with E-state index in [0.717, 1.165) is 28.0 Å². The first-order chi connectivity index (χ1) is 8.72. The predicted molar refractivity (Wildman–Crippen MR) is 79.6 cm³/mol. The fourth-order valence-electron chi connectivity index (χ4n) is 1.67. The second-order valence-corrected chi connectivity index (χ2v) is 5.12. The lowest BCUT2D eigenvalue weighted by Gasteiger charge is -2.09. The van der Waals surface area contributed by atoms with Crippen molar-refractivity contribution in [2.45, 2.75) is 19.2 Å². The molecule has 0 N–H and O–H groups in total. The van der Waals surface area contributed by atoms with Crippen LogP contribution in [0.5, 0.6) is 11.5 Å². The van der Waals surface area contributed by atoms with E-state index in [1.54, 1.807) is 0 Å². The lowest BCUT2D eigenvalue weighted by molar-refractivity contribution is 0.479. The molecule has 0 spiro atoms. The van der Waals surface area contributed by atoms with Crippen LogP contribution in [0.15, 0.2) is 46.9 Å². The van der Waals surface area contributed by atoms with Gasteiger partial charge in [0.05, 0.1) is 4.47 Å². The molecular weight excluding hydrogens is 312 g/mol. The largest absolute Gasteiger partial charge is 0.456 e. The number of rotatable bonds is 4. The van der Waals surface area contributed by atoms with Gasteiger partial charge in [0.2, 0.25) is 0 Å². The molecule has 18 heavy (non-hydrogen) atoms. The topological polar surface area (TPSA) is 9.23 Å². The highest BCUT2D eigenvalue weighted by atomic mass is 79.9. The first-order valence-corrected chi connectivity index (χ1v) is 7.17. The van der Waals surface area contributed by atoms with Crippen molar-refractivity contribution < 1.29 is 4.74 Å². The average molecular weight is 326 g/mol. The third kappa shape index (κ3) is 3.27. The van der Waals surface area contributed by atoms with Gasteiger partial charge in [-0.25, -0.2) is 0 Å². The van der Waals surface area contributed by atoms with Gasteiger partial charge in [-0.1, -0.05) is 25.1 Å². The molecule has 0 saturated carbocycles. The number of halogens is 2. The van der Waals surface area contributed by atoms with Crippen molar-refractivity contribution in [3.05, 3.63) is 58.1 Å². The Balaban J connectivity index is 2.22. The zero-order valence-electron chi connectivity index (χ0n) is 10.1. The molecule has 0 radical (unpaired) electrons. The molecule has 0 aliphatic heterocycles. The van der Waals surface area contributed by atoms with Gasteiger partial charge in [-0.3, -0.25) is 0 Å². The number of alkyl halides is 1. The summed E-state index contributed by atoms with van der Waals surface area (Å²) in [5, 5.41) is 0. The Morgan fingerprint density at radius 1 is 1.11 bits per heavy atom. The van der Waals surface area contributed by atoms with Crippen LogP contribution in [0.25, 0.3) is 0 Å². The van der Waals surface area contributed by atoms with Crippen LogP contribution in [0.4, 0.5) is 0 Å². The fourth-order valence-corrected chi connectivity index (χ4v) is 2.34. The van der Waals surface area contributed by atoms with Crippen molar-refractivity contribution >= 4 is 27.5 Å². The molecule has 0 amide bonds. The summed E-state index contributed by atoms with van der Waals surface area (Å²) in [5.74, 6) is 2.16. The van der Waals surface area contributed by atoms with Crippen LogP contribution in [-0.2, 0) is 12.3 Å². The van der Waals surface area contributed by atoms with Gasteiger partial charge in [0.15, 0.2) is 0 Å². The smallest absolute Gasteiger partial charge is 0.141 e. The van der Waals surface area contributed by atoms with E-state index in [1.165, 1.54) is 5.56 Å². The van der Waals surface area contributed by atoms with Gasteiger partial charge < -0.3 is 4.74 Å². The molecule has 0 aromatic heterocycles. The summed E-state index contributed by atoms with van der Waals surface area (Å²) in [4.78, 5) is 0. The van der Waals surface area contributed by atoms with Crippen molar-refractivity contribution in [2.24, 2.45) is 0 Å². The molecule has 2 rings (SSSR count). The van der Waals surface area contributed by atoms with Crippen LogP contribution < -0.4 is 4.74 Å². The third-order valence-corrected chi connectivity index (χ3v) is 3.61. The van der Waals surface area contributed by atoms with E-state index >= 15 is 0 Å². The number of benzene rings is 2. The Labute approximate surface area is 121 Å². The summed E-state index contributed by atoms with van der Waals surface area (Å²) in [5.41, 5.74) is 2.33. The molecular formula is C15H14BrClO. The summed E-state index contributed by atoms with van der Waals surface area (Å²) in [7, 11) is 0. The maximum Gasteiger partial charge on any atom is 0.141 e. The third-order valence-electron chi connectivity index (χ3n) is 2.69. The molecule has 1 nitrogen and oxygen atoms in total. The minimum atomic E-state index is 0.504. The van der Waals surface area contributed by atoms with Gasteiger partial charge >= 0.3 is 0 Å². The molecule has 0 atom stereocenters. The van der Waals surface area contributed by atoms with Crippen LogP contribution in [0.1, 0.15) is 18.1 Å². The SMILES string of the molecule is CCc1cccc(Oc2ccc(CCl)cc2Br)c1. The highest BCUT2D eigenvalue weighted by Gasteiger charge is 2.04. The van der Waals surface area contributed by atoms with Crippen LogP contribution >= 0.6 is 27.5 Å². The lowest BCUT2D eigenvalue weighted by Crippen LogP contribution is -1.88. The van der Waals surface area contributed by atoms with Crippen LogP contribution in [-0.4, -0.2) is 0 Å². The molecule has 0 bridgehead atoms. The second-order valence-electron chi connectivity index (χ2n) is 4.00. The van der Waals surface area contributed by atoms with Gasteiger partial charge in [0.1, 0.15) is 11.5 Å². The lowest BCUT2D eigenvalue weighted by atomic mass is 10.2. The monoisotopic (exact) mass is 324 g/mol. The van der Waals surface area contributed by atoms with E-state index in [0.29, 0.717) is 5.88 Å². The predicted octanol–water partition coefficient (Wildman–Crippen LogP) is 5.54. The van der Waals surface area contributed by atoms with Crippen LogP contribution in [0.3, 0.4) is 0 Å². The number of aryl methyl sites for hydroxylation is 1. The highest BCUT2D eigenvalue weighted by molar-refractivity contribution is 9.10. The zero-order valence-corrected chi connectivity index (χ0v) is 12.5. The maximum atomic E-state index is 5.86. The fraction of sp³-hybridized carbons (Fsp3) is 0.200. The molecule has 0 aliphatic carbocycles. The molecule has 3 heteroatoms. The molecule has 0 aliphatic rings. The van der Waals surface area contributed by atoms with Crippen molar-refractivity contribution in [1.82, 2.24) is 0 Å². The normalized spacial score (nSPS) is 10.4. The summed E-state index contributed by atoms with van der Waals surface area (Å²) in [6, 6.07) is 14.0. The van der Waals surface area contributed by atoms with Crippen molar-refractivity contribution in [2.75, 3.05) is 0 Å². The zero-order chi connectivity index (χ0) is 13.0. The van der Waals surface area contributed by atoms with Crippen molar-refractivity contribution in [3.63, 3.8) is 0 Å². The highest BCUT2D eigenvalue weighted by Crippen LogP contribution is 2.31. The van der Waals surface area contributed by atoms with E-state index in [4.69, 9.17) is 16.3 Å². The van der Waals surface area contributed by atoms with E-state index < -0.39 is 0 Å². The number of hydrogen-bond acceptors (Lipinski definition) is 1. The van der Waals surface area contributed by atoms with Gasteiger partial charge in [-0.05, 0) is 57.7 Å². The Bertz CT molecular complexity index is 540. The maximum absolute atomic E-state index is 5.86. The summed E-state index contributed by atoms with van der Waals surface area (Å²) in [6.07, 6.45) is 1.00. The molecule has 0 unspecified atom stereocenters. The second kappa shape index (κ2) is 6.26. The summed E-state index contributed by atoms with van der Waals surface area (Å²) >= 11 is 9.29. The summed E-state index contributed by atoms with van der Waals surface area (Å²) < 4.78 is 6.78.